The van der Waals surface area contributed by atoms with Crippen LogP contribution in [0.25, 0.3) is 0 Å². The van der Waals surface area contributed by atoms with Crippen molar-refractivity contribution in [3.63, 3.8) is 0 Å². The van der Waals surface area contributed by atoms with Gasteiger partial charge in [-0.2, -0.15) is 0 Å². The minimum Gasteiger partial charge on any atom is -0.310 e. The summed E-state index contributed by atoms with van der Waals surface area (Å²) in [5.41, 5.74) is 0. The summed E-state index contributed by atoms with van der Waals surface area (Å²) < 4.78 is 0. The van der Waals surface area contributed by atoms with Crippen molar-refractivity contribution in [2.24, 2.45) is 5.92 Å². The second-order valence-electron chi connectivity index (χ2n) is 6.74. The van der Waals surface area contributed by atoms with Crippen LogP contribution in [0.4, 0.5) is 0 Å². The fourth-order valence-corrected chi connectivity index (χ4v) is 4.71. The lowest BCUT2D eigenvalue weighted by Crippen LogP contribution is -2.52. The molecule has 4 unspecified atom stereocenters. The molecule has 2 aliphatic rings. The molecule has 0 bridgehead atoms. The van der Waals surface area contributed by atoms with Crippen LogP contribution in [0, 0.1) is 5.92 Å². The van der Waals surface area contributed by atoms with Gasteiger partial charge >= 0.3 is 0 Å². The quantitative estimate of drug-likeness (QED) is 0.871. The molecule has 2 fully saturated rings. The van der Waals surface area contributed by atoms with Gasteiger partial charge in [0.2, 0.25) is 0 Å². The first kappa shape index (κ1) is 15.4. The van der Waals surface area contributed by atoms with Crippen molar-refractivity contribution in [2.45, 2.75) is 76.9 Å². The Balaban J connectivity index is 1.46. The van der Waals surface area contributed by atoms with Gasteiger partial charge in [-0.15, -0.1) is 11.3 Å². The maximum atomic E-state index is 4.55. The maximum absolute atomic E-state index is 4.55. The summed E-state index contributed by atoms with van der Waals surface area (Å²) >= 11 is 1.85. The van der Waals surface area contributed by atoms with E-state index in [1.165, 1.54) is 48.4 Å². The van der Waals surface area contributed by atoms with Crippen molar-refractivity contribution in [2.75, 3.05) is 6.54 Å². The standard InChI is InChI=1S/C17H29N3S/c1-3-15-11-19-17(21-15)12(2)18-10-14-9-8-13-6-4-5-7-16(13)20-14/h11-14,16,18,20H,3-10H2,1-2H3. The number of piperidine rings is 1. The fourth-order valence-electron chi connectivity index (χ4n) is 3.83. The lowest BCUT2D eigenvalue weighted by atomic mass is 9.78. The molecule has 3 rings (SSSR count). The zero-order valence-corrected chi connectivity index (χ0v) is 14.2. The van der Waals surface area contributed by atoms with Crippen LogP contribution in [-0.4, -0.2) is 23.6 Å². The Morgan fingerprint density at radius 3 is 3.00 bits per heavy atom. The van der Waals surface area contributed by atoms with Gasteiger partial charge in [0.1, 0.15) is 5.01 Å². The summed E-state index contributed by atoms with van der Waals surface area (Å²) in [5, 5.41) is 8.82. The summed E-state index contributed by atoms with van der Waals surface area (Å²) in [5.74, 6) is 0.957. The number of aromatic nitrogens is 1. The third kappa shape index (κ3) is 3.85. The molecular formula is C17H29N3S. The van der Waals surface area contributed by atoms with Crippen LogP contribution in [0.5, 0.6) is 0 Å². The molecule has 0 amide bonds. The molecule has 1 aromatic heterocycles. The van der Waals surface area contributed by atoms with Crippen molar-refractivity contribution in [1.29, 1.82) is 0 Å². The molecule has 1 aromatic rings. The Morgan fingerprint density at radius 2 is 2.19 bits per heavy atom. The summed E-state index contributed by atoms with van der Waals surface area (Å²) in [6.45, 7) is 5.51. The molecule has 4 heteroatoms. The highest BCUT2D eigenvalue weighted by molar-refractivity contribution is 7.11. The fraction of sp³-hybridized carbons (Fsp3) is 0.824. The van der Waals surface area contributed by atoms with Gasteiger partial charge in [0.25, 0.3) is 0 Å². The van der Waals surface area contributed by atoms with Crippen molar-refractivity contribution in [3.8, 4) is 0 Å². The lowest BCUT2D eigenvalue weighted by Gasteiger charge is -2.40. The second kappa shape index (κ2) is 7.21. The third-order valence-corrected chi connectivity index (χ3v) is 6.53. The molecule has 1 aliphatic heterocycles. The van der Waals surface area contributed by atoms with E-state index in [-0.39, 0.29) is 0 Å². The zero-order valence-electron chi connectivity index (χ0n) is 13.4. The first-order valence-electron chi connectivity index (χ1n) is 8.70. The average Bonchev–Trinajstić information content (AvgIpc) is 3.01. The number of nitrogens with one attached hydrogen (secondary N) is 2. The molecule has 0 radical (unpaired) electrons. The summed E-state index contributed by atoms with van der Waals surface area (Å²) in [6.07, 6.45) is 11.6. The third-order valence-electron chi connectivity index (χ3n) is 5.21. The molecule has 0 aromatic carbocycles. The maximum Gasteiger partial charge on any atom is 0.109 e. The molecule has 2 heterocycles. The second-order valence-corrected chi connectivity index (χ2v) is 7.89. The number of hydrogen-bond donors (Lipinski definition) is 2. The predicted molar refractivity (Wildman–Crippen MR) is 89.8 cm³/mol. The van der Waals surface area contributed by atoms with Crippen LogP contribution in [0.1, 0.15) is 68.3 Å². The van der Waals surface area contributed by atoms with E-state index in [0.29, 0.717) is 12.1 Å². The Bertz CT molecular complexity index is 445. The van der Waals surface area contributed by atoms with Crippen molar-refractivity contribution >= 4 is 11.3 Å². The van der Waals surface area contributed by atoms with Gasteiger partial charge in [-0.05, 0) is 44.9 Å². The van der Waals surface area contributed by atoms with Gasteiger partial charge in [-0.3, -0.25) is 0 Å². The number of rotatable bonds is 5. The minimum atomic E-state index is 0.376. The Morgan fingerprint density at radius 1 is 1.33 bits per heavy atom. The van der Waals surface area contributed by atoms with Crippen LogP contribution >= 0.6 is 11.3 Å². The van der Waals surface area contributed by atoms with E-state index >= 15 is 0 Å². The number of nitrogens with zero attached hydrogens (tertiary/aromatic N) is 1. The van der Waals surface area contributed by atoms with Gasteiger partial charge in [-0.25, -0.2) is 4.98 Å². The SMILES string of the molecule is CCc1cnc(C(C)NCC2CCC3CCCCC3N2)s1. The molecular weight excluding hydrogens is 278 g/mol. The Labute approximate surface area is 132 Å². The van der Waals surface area contributed by atoms with E-state index in [4.69, 9.17) is 0 Å². The van der Waals surface area contributed by atoms with Crippen LogP contribution in [0.2, 0.25) is 0 Å². The molecule has 0 spiro atoms. The van der Waals surface area contributed by atoms with Crippen LogP contribution < -0.4 is 10.6 Å². The number of hydrogen-bond acceptors (Lipinski definition) is 4. The van der Waals surface area contributed by atoms with E-state index in [9.17, 15) is 0 Å². The molecule has 2 N–H and O–H groups in total. The minimum absolute atomic E-state index is 0.376. The highest BCUT2D eigenvalue weighted by Crippen LogP contribution is 2.32. The van der Waals surface area contributed by atoms with Crippen LogP contribution in [-0.2, 0) is 6.42 Å². The van der Waals surface area contributed by atoms with Gasteiger partial charge in [0.05, 0.1) is 6.04 Å². The summed E-state index contributed by atoms with van der Waals surface area (Å²) in [6, 6.07) is 1.82. The van der Waals surface area contributed by atoms with E-state index in [1.807, 2.05) is 17.5 Å². The van der Waals surface area contributed by atoms with E-state index in [2.05, 4.69) is 29.5 Å². The average molecular weight is 308 g/mol. The molecule has 4 atom stereocenters. The monoisotopic (exact) mass is 307 g/mol. The number of aryl methyl sites for hydroxylation is 1. The molecule has 1 aliphatic carbocycles. The first-order chi connectivity index (χ1) is 10.3. The Kier molecular flexibility index (Phi) is 5.30. The molecule has 3 nitrogen and oxygen atoms in total. The van der Waals surface area contributed by atoms with Crippen molar-refractivity contribution in [1.82, 2.24) is 15.6 Å². The van der Waals surface area contributed by atoms with Crippen molar-refractivity contribution in [3.05, 3.63) is 16.1 Å². The van der Waals surface area contributed by atoms with Gasteiger partial charge in [0, 0.05) is 29.7 Å². The highest BCUT2D eigenvalue weighted by atomic mass is 32.1. The van der Waals surface area contributed by atoms with Crippen LogP contribution in [0.3, 0.4) is 0 Å². The van der Waals surface area contributed by atoms with E-state index in [1.54, 1.807) is 0 Å². The van der Waals surface area contributed by atoms with E-state index in [0.717, 1.165) is 24.9 Å². The lowest BCUT2D eigenvalue weighted by molar-refractivity contribution is 0.173. The highest BCUT2D eigenvalue weighted by Gasteiger charge is 2.31. The smallest absolute Gasteiger partial charge is 0.109 e. The molecule has 118 valence electrons. The van der Waals surface area contributed by atoms with E-state index < -0.39 is 0 Å². The topological polar surface area (TPSA) is 37.0 Å². The number of fused-ring (bicyclic) bond motifs is 1. The first-order valence-corrected chi connectivity index (χ1v) is 9.52. The summed E-state index contributed by atoms with van der Waals surface area (Å²) in [7, 11) is 0. The molecule has 1 saturated heterocycles. The molecule has 1 saturated carbocycles. The van der Waals surface area contributed by atoms with Crippen LogP contribution in [0.15, 0.2) is 6.20 Å². The normalized spacial score (nSPS) is 30.9. The Hall–Kier alpha value is -0.450. The number of thiazole rings is 1. The largest absolute Gasteiger partial charge is 0.310 e. The predicted octanol–water partition coefficient (Wildman–Crippen LogP) is 3.67. The zero-order chi connectivity index (χ0) is 14.7. The van der Waals surface area contributed by atoms with Gasteiger partial charge < -0.3 is 10.6 Å². The molecule has 21 heavy (non-hydrogen) atoms. The van der Waals surface area contributed by atoms with Crippen molar-refractivity contribution < 1.29 is 0 Å². The van der Waals surface area contributed by atoms with Gasteiger partial charge in [0.15, 0.2) is 0 Å². The van der Waals surface area contributed by atoms with Gasteiger partial charge in [-0.1, -0.05) is 19.8 Å². The summed E-state index contributed by atoms with van der Waals surface area (Å²) in [4.78, 5) is 5.94.